The predicted molar refractivity (Wildman–Crippen MR) is 95.6 cm³/mol. The summed E-state index contributed by atoms with van der Waals surface area (Å²) in [5.74, 6) is 0.919. The Labute approximate surface area is 145 Å². The van der Waals surface area contributed by atoms with E-state index in [9.17, 15) is 4.79 Å². The number of carbonyl (C=O) groups is 1. The zero-order chi connectivity index (χ0) is 17.2. The van der Waals surface area contributed by atoms with E-state index in [1.54, 1.807) is 12.4 Å². The van der Waals surface area contributed by atoms with Gasteiger partial charge >= 0.3 is 0 Å². The average Bonchev–Trinajstić information content (AvgIpc) is 2.96. The molecule has 1 aliphatic rings. The van der Waals surface area contributed by atoms with E-state index in [0.29, 0.717) is 12.1 Å². The minimum absolute atomic E-state index is 0.0546. The molecule has 0 aliphatic carbocycles. The number of aromatic nitrogens is 4. The fraction of sp³-hybridized carbons (Fsp3) is 0.333. The van der Waals surface area contributed by atoms with E-state index >= 15 is 0 Å². The molecule has 4 rings (SSSR count). The third kappa shape index (κ3) is 3.05. The second-order valence-corrected chi connectivity index (χ2v) is 6.36. The van der Waals surface area contributed by atoms with Crippen molar-refractivity contribution in [1.29, 1.82) is 0 Å². The van der Waals surface area contributed by atoms with Gasteiger partial charge in [-0.2, -0.15) is 10.2 Å². The highest BCUT2D eigenvalue weighted by molar-refractivity contribution is 6.05. The van der Waals surface area contributed by atoms with Crippen LogP contribution in [0.4, 0.5) is 5.82 Å². The SMILES string of the molecule is Cc1cc(C(=O)N2CCCN(c3cccnn3)CC2)c2[nH]ncc2c1. The van der Waals surface area contributed by atoms with E-state index in [0.717, 1.165) is 48.3 Å². The van der Waals surface area contributed by atoms with Gasteiger partial charge in [-0.1, -0.05) is 0 Å². The lowest BCUT2D eigenvalue weighted by molar-refractivity contribution is 0.0768. The summed E-state index contributed by atoms with van der Waals surface area (Å²) in [6, 6.07) is 7.82. The molecular weight excluding hydrogens is 316 g/mol. The third-order valence-electron chi connectivity index (χ3n) is 4.59. The molecule has 1 N–H and O–H groups in total. The van der Waals surface area contributed by atoms with Gasteiger partial charge < -0.3 is 9.80 Å². The molecule has 7 nitrogen and oxygen atoms in total. The summed E-state index contributed by atoms with van der Waals surface area (Å²) in [5, 5.41) is 16.1. The van der Waals surface area contributed by atoms with Gasteiger partial charge in [0.2, 0.25) is 0 Å². The van der Waals surface area contributed by atoms with Crippen LogP contribution in [0.1, 0.15) is 22.3 Å². The molecule has 1 saturated heterocycles. The van der Waals surface area contributed by atoms with Crippen LogP contribution in [0, 0.1) is 6.92 Å². The Hall–Kier alpha value is -2.96. The number of carbonyl (C=O) groups excluding carboxylic acids is 1. The summed E-state index contributed by atoms with van der Waals surface area (Å²) in [7, 11) is 0. The second-order valence-electron chi connectivity index (χ2n) is 6.36. The summed E-state index contributed by atoms with van der Waals surface area (Å²) in [5.41, 5.74) is 2.57. The summed E-state index contributed by atoms with van der Waals surface area (Å²) >= 11 is 0. The lowest BCUT2D eigenvalue weighted by Gasteiger charge is -2.22. The zero-order valence-corrected chi connectivity index (χ0v) is 14.1. The lowest BCUT2D eigenvalue weighted by atomic mass is 10.1. The molecular formula is C18H20N6O. The summed E-state index contributed by atoms with van der Waals surface area (Å²) in [6.45, 7) is 5.03. The monoisotopic (exact) mass is 336 g/mol. The number of H-pyrrole nitrogens is 1. The first kappa shape index (κ1) is 15.6. The normalized spacial score (nSPS) is 15.4. The number of hydrogen-bond donors (Lipinski definition) is 1. The van der Waals surface area contributed by atoms with Crippen LogP contribution in [0.25, 0.3) is 10.9 Å². The average molecular weight is 336 g/mol. The van der Waals surface area contributed by atoms with Crippen LogP contribution in [0.5, 0.6) is 0 Å². The van der Waals surface area contributed by atoms with Crippen molar-refractivity contribution in [2.24, 2.45) is 0 Å². The molecule has 0 radical (unpaired) electrons. The number of aryl methyl sites for hydroxylation is 1. The van der Waals surface area contributed by atoms with E-state index in [-0.39, 0.29) is 5.91 Å². The van der Waals surface area contributed by atoms with Crippen molar-refractivity contribution < 1.29 is 4.79 Å². The Morgan fingerprint density at radius 2 is 2.12 bits per heavy atom. The molecule has 0 unspecified atom stereocenters. The molecule has 1 amide bonds. The molecule has 7 heteroatoms. The van der Waals surface area contributed by atoms with Gasteiger partial charge in [0.1, 0.15) is 0 Å². The Morgan fingerprint density at radius 1 is 1.20 bits per heavy atom. The number of fused-ring (bicyclic) bond motifs is 1. The molecule has 1 fully saturated rings. The Bertz CT molecular complexity index is 891. The minimum atomic E-state index is 0.0546. The van der Waals surface area contributed by atoms with Crippen LogP contribution in [-0.2, 0) is 0 Å². The van der Waals surface area contributed by atoms with Crippen molar-refractivity contribution in [2.45, 2.75) is 13.3 Å². The zero-order valence-electron chi connectivity index (χ0n) is 14.1. The maximum atomic E-state index is 13.1. The van der Waals surface area contributed by atoms with Crippen molar-refractivity contribution >= 4 is 22.6 Å². The number of nitrogens with one attached hydrogen (secondary N) is 1. The largest absolute Gasteiger partial charge is 0.353 e. The van der Waals surface area contributed by atoms with Gasteiger partial charge in [-0.05, 0) is 43.2 Å². The third-order valence-corrected chi connectivity index (χ3v) is 4.59. The van der Waals surface area contributed by atoms with Crippen LogP contribution in [0.2, 0.25) is 0 Å². The number of anilines is 1. The lowest BCUT2D eigenvalue weighted by Crippen LogP contribution is -2.35. The molecule has 1 aromatic carbocycles. The van der Waals surface area contributed by atoms with Gasteiger partial charge in [0.05, 0.1) is 17.3 Å². The summed E-state index contributed by atoms with van der Waals surface area (Å²) in [6.07, 6.45) is 4.34. The van der Waals surface area contributed by atoms with Gasteiger partial charge in [-0.25, -0.2) is 0 Å². The molecule has 3 aromatic rings. The molecule has 0 spiro atoms. The van der Waals surface area contributed by atoms with Crippen LogP contribution in [-0.4, -0.2) is 57.4 Å². The topological polar surface area (TPSA) is 78.0 Å². The van der Waals surface area contributed by atoms with Gasteiger partial charge in [0, 0.05) is 37.8 Å². The van der Waals surface area contributed by atoms with E-state index in [1.807, 2.05) is 36.1 Å². The maximum Gasteiger partial charge on any atom is 0.256 e. The number of rotatable bonds is 2. The van der Waals surface area contributed by atoms with Gasteiger partial charge in [0.25, 0.3) is 5.91 Å². The standard InChI is InChI=1S/C18H20N6O/c1-13-10-14-12-20-22-17(14)15(11-13)18(25)24-7-3-6-23(8-9-24)16-4-2-5-19-21-16/h2,4-5,10-12H,3,6-9H2,1H3,(H,20,22). The van der Waals surface area contributed by atoms with Crippen LogP contribution >= 0.6 is 0 Å². The van der Waals surface area contributed by atoms with Crippen molar-refractivity contribution in [3.63, 3.8) is 0 Å². The molecule has 0 bridgehead atoms. The van der Waals surface area contributed by atoms with Gasteiger partial charge in [-0.3, -0.25) is 9.89 Å². The van der Waals surface area contributed by atoms with Crippen LogP contribution in [0.15, 0.2) is 36.7 Å². The highest BCUT2D eigenvalue weighted by atomic mass is 16.2. The van der Waals surface area contributed by atoms with E-state index in [2.05, 4.69) is 25.3 Å². The van der Waals surface area contributed by atoms with Gasteiger partial charge in [-0.15, -0.1) is 5.10 Å². The van der Waals surface area contributed by atoms with Gasteiger partial charge in [0.15, 0.2) is 5.82 Å². The first-order valence-electron chi connectivity index (χ1n) is 8.48. The number of hydrogen-bond acceptors (Lipinski definition) is 5. The molecule has 3 heterocycles. The molecule has 25 heavy (non-hydrogen) atoms. The smallest absolute Gasteiger partial charge is 0.256 e. The van der Waals surface area contributed by atoms with Crippen molar-refractivity contribution in [2.75, 3.05) is 31.1 Å². The summed E-state index contributed by atoms with van der Waals surface area (Å²) in [4.78, 5) is 17.2. The number of aromatic amines is 1. The highest BCUT2D eigenvalue weighted by Crippen LogP contribution is 2.21. The highest BCUT2D eigenvalue weighted by Gasteiger charge is 2.23. The van der Waals surface area contributed by atoms with E-state index in [4.69, 9.17) is 0 Å². The number of benzene rings is 1. The molecule has 0 saturated carbocycles. The fourth-order valence-electron chi connectivity index (χ4n) is 3.36. The number of nitrogens with zero attached hydrogens (tertiary/aromatic N) is 5. The predicted octanol–water partition coefficient (Wildman–Crippen LogP) is 2.01. The molecule has 128 valence electrons. The Kier molecular flexibility index (Phi) is 4.05. The van der Waals surface area contributed by atoms with E-state index < -0.39 is 0 Å². The van der Waals surface area contributed by atoms with Crippen molar-refractivity contribution in [3.05, 3.63) is 47.8 Å². The molecule has 1 aliphatic heterocycles. The van der Waals surface area contributed by atoms with Crippen molar-refractivity contribution in [1.82, 2.24) is 25.3 Å². The Balaban J connectivity index is 1.56. The minimum Gasteiger partial charge on any atom is -0.353 e. The quantitative estimate of drug-likeness (QED) is 0.774. The fourth-order valence-corrected chi connectivity index (χ4v) is 3.36. The van der Waals surface area contributed by atoms with Crippen LogP contribution < -0.4 is 4.90 Å². The van der Waals surface area contributed by atoms with Crippen LogP contribution in [0.3, 0.4) is 0 Å². The first-order valence-corrected chi connectivity index (χ1v) is 8.48. The number of amides is 1. The first-order chi connectivity index (χ1) is 12.2. The summed E-state index contributed by atoms with van der Waals surface area (Å²) < 4.78 is 0. The molecule has 2 aromatic heterocycles. The molecule has 0 atom stereocenters. The maximum absolute atomic E-state index is 13.1. The second kappa shape index (κ2) is 6.51. The Morgan fingerprint density at radius 3 is 2.96 bits per heavy atom. The van der Waals surface area contributed by atoms with E-state index in [1.165, 1.54) is 0 Å². The van der Waals surface area contributed by atoms with Crippen molar-refractivity contribution in [3.8, 4) is 0 Å².